The first-order valence-electron chi connectivity index (χ1n) is 9.85. The quantitative estimate of drug-likeness (QED) is 0.513. The summed E-state index contributed by atoms with van der Waals surface area (Å²) in [5.41, 5.74) is 1.89. The third kappa shape index (κ3) is 6.04. The van der Waals surface area contributed by atoms with E-state index in [4.69, 9.17) is 9.47 Å². The first-order valence-corrected chi connectivity index (χ1v) is 9.85. The monoisotopic (exact) mass is 428 g/mol. The van der Waals surface area contributed by atoms with Crippen molar-refractivity contribution in [2.45, 2.75) is 60.2 Å². The topological polar surface area (TPSA) is 115 Å². The molecule has 0 radical (unpaired) electrons. The highest BCUT2D eigenvalue weighted by molar-refractivity contribution is 6.05. The molecule has 0 aliphatic heterocycles. The van der Waals surface area contributed by atoms with E-state index in [1.54, 1.807) is 34.6 Å². The summed E-state index contributed by atoms with van der Waals surface area (Å²) in [7, 11) is 0. The number of hydrogen-bond acceptors (Lipinski definition) is 6. The van der Waals surface area contributed by atoms with E-state index in [1.165, 1.54) is 38.1 Å². The van der Waals surface area contributed by atoms with Gasteiger partial charge in [0.05, 0.1) is 11.3 Å². The van der Waals surface area contributed by atoms with Gasteiger partial charge >= 0.3 is 12.1 Å². The highest BCUT2D eigenvalue weighted by Crippen LogP contribution is 2.21. The van der Waals surface area contributed by atoms with Crippen LogP contribution in [0.15, 0.2) is 24.3 Å². The summed E-state index contributed by atoms with van der Waals surface area (Å²) in [5.74, 6) is -1.25. The lowest BCUT2D eigenvalue weighted by Crippen LogP contribution is -2.27. The van der Waals surface area contributed by atoms with Gasteiger partial charge in [0.25, 0.3) is 0 Å². The molecule has 8 heteroatoms. The van der Waals surface area contributed by atoms with Gasteiger partial charge in [0, 0.05) is 16.9 Å². The third-order valence-electron chi connectivity index (χ3n) is 4.45. The van der Waals surface area contributed by atoms with Crippen LogP contribution in [0.2, 0.25) is 0 Å². The fraction of sp³-hybridized carbons (Fsp3) is 0.391. The maximum absolute atomic E-state index is 12.7. The number of carbonyl (C=O) groups is 4. The number of nitrogens with one attached hydrogen (secondary N) is 2. The molecule has 2 N–H and O–H groups in total. The SMILES string of the molecule is CC(=O)c1c(C)[nH]c(C(=O)C(C)OC(=O)c2ccc(NC(=O)OC(C)(C)C)cc2)c1C. The fourth-order valence-corrected chi connectivity index (χ4v) is 3.12. The molecule has 2 rings (SSSR count). The summed E-state index contributed by atoms with van der Waals surface area (Å²) < 4.78 is 10.5. The standard InChI is InChI=1S/C23H28N2O6/c1-12-18(14(3)26)13(2)24-19(12)20(27)15(4)30-21(28)16-8-10-17(11-9-16)25-22(29)31-23(5,6)7/h8-11,15,24H,1-7H3,(H,25,29). The van der Waals surface area contributed by atoms with Gasteiger partial charge in [0.15, 0.2) is 11.9 Å². The number of aromatic amines is 1. The van der Waals surface area contributed by atoms with Gasteiger partial charge in [-0.2, -0.15) is 0 Å². The number of rotatable bonds is 6. The van der Waals surface area contributed by atoms with E-state index >= 15 is 0 Å². The Hall–Kier alpha value is -3.42. The van der Waals surface area contributed by atoms with Crippen molar-refractivity contribution in [3.63, 3.8) is 0 Å². The molecule has 8 nitrogen and oxygen atoms in total. The van der Waals surface area contributed by atoms with Crippen LogP contribution < -0.4 is 5.32 Å². The summed E-state index contributed by atoms with van der Waals surface area (Å²) in [4.78, 5) is 51.6. The van der Waals surface area contributed by atoms with Crippen LogP contribution in [0, 0.1) is 13.8 Å². The zero-order chi connectivity index (χ0) is 23.5. The Morgan fingerprint density at radius 1 is 1.03 bits per heavy atom. The zero-order valence-electron chi connectivity index (χ0n) is 18.8. The lowest BCUT2D eigenvalue weighted by molar-refractivity contribution is 0.0317. The molecule has 31 heavy (non-hydrogen) atoms. The van der Waals surface area contributed by atoms with E-state index in [-0.39, 0.29) is 17.0 Å². The molecule has 0 saturated carbocycles. The van der Waals surface area contributed by atoms with E-state index in [2.05, 4.69) is 10.3 Å². The van der Waals surface area contributed by atoms with Crippen LogP contribution in [-0.4, -0.2) is 40.3 Å². The summed E-state index contributed by atoms with van der Waals surface area (Å²) in [5, 5.41) is 2.57. The average molecular weight is 428 g/mol. The number of ether oxygens (including phenoxy) is 2. The van der Waals surface area contributed by atoms with Crippen molar-refractivity contribution < 1.29 is 28.7 Å². The molecule has 0 aliphatic rings. The van der Waals surface area contributed by atoms with Gasteiger partial charge < -0.3 is 14.5 Å². The molecule has 1 aromatic carbocycles. The highest BCUT2D eigenvalue weighted by atomic mass is 16.6. The lowest BCUT2D eigenvalue weighted by Gasteiger charge is -2.19. The van der Waals surface area contributed by atoms with Crippen LogP contribution in [0.5, 0.6) is 0 Å². The van der Waals surface area contributed by atoms with Crippen molar-refractivity contribution in [1.82, 2.24) is 4.98 Å². The van der Waals surface area contributed by atoms with Gasteiger partial charge in [-0.25, -0.2) is 9.59 Å². The Morgan fingerprint density at radius 3 is 2.10 bits per heavy atom. The van der Waals surface area contributed by atoms with Gasteiger partial charge in [-0.15, -0.1) is 0 Å². The number of esters is 1. The van der Waals surface area contributed by atoms with Gasteiger partial charge in [0.1, 0.15) is 5.60 Å². The van der Waals surface area contributed by atoms with E-state index in [0.717, 1.165) is 0 Å². The summed E-state index contributed by atoms with van der Waals surface area (Å²) in [6, 6.07) is 6.02. The Kier molecular flexibility index (Phi) is 7.05. The zero-order valence-corrected chi connectivity index (χ0v) is 18.8. The van der Waals surface area contributed by atoms with E-state index in [0.29, 0.717) is 22.5 Å². The first-order chi connectivity index (χ1) is 14.3. The minimum Gasteiger partial charge on any atom is -0.451 e. The molecule has 0 bridgehead atoms. The maximum atomic E-state index is 12.7. The number of carbonyl (C=O) groups excluding carboxylic acids is 4. The Bertz CT molecular complexity index is 1010. The summed E-state index contributed by atoms with van der Waals surface area (Å²) >= 11 is 0. The molecular formula is C23H28N2O6. The molecule has 0 saturated heterocycles. The number of benzene rings is 1. The van der Waals surface area contributed by atoms with Crippen LogP contribution in [0.1, 0.15) is 77.1 Å². The maximum Gasteiger partial charge on any atom is 0.412 e. The summed E-state index contributed by atoms with van der Waals surface area (Å²) in [6.07, 6.45) is -1.66. The number of Topliss-reactive ketones (excluding diaryl/α,β-unsaturated/α-hetero) is 2. The van der Waals surface area contributed by atoms with Crippen molar-refractivity contribution in [3.8, 4) is 0 Å². The fourth-order valence-electron chi connectivity index (χ4n) is 3.12. The Balaban J connectivity index is 2.05. The smallest absolute Gasteiger partial charge is 0.412 e. The molecule has 0 aliphatic carbocycles. The molecule has 1 aromatic heterocycles. The number of aryl methyl sites for hydroxylation is 1. The van der Waals surface area contributed by atoms with Crippen molar-refractivity contribution in [1.29, 1.82) is 0 Å². The number of anilines is 1. The van der Waals surface area contributed by atoms with Crippen LogP contribution >= 0.6 is 0 Å². The van der Waals surface area contributed by atoms with Crippen molar-refractivity contribution in [3.05, 3.63) is 52.3 Å². The predicted molar refractivity (Wildman–Crippen MR) is 116 cm³/mol. The molecule has 166 valence electrons. The van der Waals surface area contributed by atoms with Gasteiger partial charge in [0.2, 0.25) is 5.78 Å². The second-order valence-electron chi connectivity index (χ2n) is 8.30. The van der Waals surface area contributed by atoms with E-state index in [1.807, 2.05) is 0 Å². The van der Waals surface area contributed by atoms with Crippen LogP contribution in [0.3, 0.4) is 0 Å². The molecule has 0 fully saturated rings. The predicted octanol–water partition coefficient (Wildman–Crippen LogP) is 4.61. The molecule has 1 unspecified atom stereocenters. The largest absolute Gasteiger partial charge is 0.451 e. The van der Waals surface area contributed by atoms with Crippen molar-refractivity contribution in [2.24, 2.45) is 0 Å². The van der Waals surface area contributed by atoms with E-state index < -0.39 is 29.6 Å². The molecule has 1 heterocycles. The van der Waals surface area contributed by atoms with Crippen molar-refractivity contribution in [2.75, 3.05) is 5.32 Å². The molecule has 0 spiro atoms. The van der Waals surface area contributed by atoms with Gasteiger partial charge in [-0.1, -0.05) is 0 Å². The van der Waals surface area contributed by atoms with Gasteiger partial charge in [-0.05, 0) is 78.3 Å². The third-order valence-corrected chi connectivity index (χ3v) is 4.45. The number of amides is 1. The molecule has 1 atom stereocenters. The molecular weight excluding hydrogens is 400 g/mol. The minimum atomic E-state index is -1.05. The summed E-state index contributed by atoms with van der Waals surface area (Å²) in [6.45, 7) is 11.6. The number of ketones is 2. The highest BCUT2D eigenvalue weighted by Gasteiger charge is 2.26. The Labute approximate surface area is 181 Å². The van der Waals surface area contributed by atoms with Crippen molar-refractivity contribution >= 4 is 29.3 Å². The van der Waals surface area contributed by atoms with Crippen LogP contribution in [0.4, 0.5) is 10.5 Å². The number of hydrogen-bond donors (Lipinski definition) is 2. The second kappa shape index (κ2) is 9.16. The van der Waals surface area contributed by atoms with Gasteiger partial charge in [-0.3, -0.25) is 14.9 Å². The number of H-pyrrole nitrogens is 1. The number of aromatic nitrogens is 1. The van der Waals surface area contributed by atoms with E-state index in [9.17, 15) is 19.2 Å². The first kappa shape index (κ1) is 23.9. The lowest BCUT2D eigenvalue weighted by atomic mass is 10.0. The van der Waals surface area contributed by atoms with Crippen LogP contribution in [-0.2, 0) is 9.47 Å². The normalized spacial score (nSPS) is 12.1. The average Bonchev–Trinajstić information content (AvgIpc) is 2.94. The minimum absolute atomic E-state index is 0.143. The van der Waals surface area contributed by atoms with Crippen LogP contribution in [0.25, 0.3) is 0 Å². The molecule has 1 amide bonds. The Morgan fingerprint density at radius 2 is 1.61 bits per heavy atom. The second-order valence-corrected chi connectivity index (χ2v) is 8.30. The molecule has 2 aromatic rings.